The number of azide groups is 1. The number of carbonyl (C=O) groups excluding carboxylic acids is 2. The molecule has 0 aliphatic heterocycles. The summed E-state index contributed by atoms with van der Waals surface area (Å²) in [6.45, 7) is 7.03. The number of hydrogen-bond acceptors (Lipinski definition) is 15. The van der Waals surface area contributed by atoms with Crippen LogP contribution in [0.3, 0.4) is 0 Å². The fourth-order valence-electron chi connectivity index (χ4n) is 2.41. The molecule has 18 heteroatoms. The predicted molar refractivity (Wildman–Crippen MR) is 143 cm³/mol. The van der Waals surface area contributed by atoms with Crippen LogP contribution in [-0.2, 0) is 57.1 Å². The summed E-state index contributed by atoms with van der Waals surface area (Å²) in [7, 11) is 0. The maximum atomic E-state index is 11.5. The van der Waals surface area contributed by atoms with Crippen molar-refractivity contribution in [2.45, 2.75) is 0 Å². The number of ether oxygens (including phenoxy) is 9. The molecule has 1 amide bonds. The summed E-state index contributed by atoms with van der Waals surface area (Å²) < 4.78 is 47.8. The Morgan fingerprint density at radius 3 is 1.40 bits per heavy atom. The highest BCUT2D eigenvalue weighted by atomic mass is 32.1. The van der Waals surface area contributed by atoms with E-state index in [0.29, 0.717) is 119 Å². The highest BCUT2D eigenvalue weighted by Crippen LogP contribution is 1.86. The minimum atomic E-state index is -0.690. The molecule has 0 spiro atoms. The smallest absolute Gasteiger partial charge is 0.351 e. The Hall–Kier alpha value is -1.80. The monoisotopic (exact) mass is 601 g/mol. The summed E-state index contributed by atoms with van der Waals surface area (Å²) >= 11 is 3.49. The molecule has 0 aromatic rings. The van der Waals surface area contributed by atoms with Crippen molar-refractivity contribution in [3.05, 3.63) is 10.4 Å². The van der Waals surface area contributed by atoms with Crippen LogP contribution in [0.15, 0.2) is 5.11 Å². The van der Waals surface area contributed by atoms with Gasteiger partial charge in [-0.05, 0) is 5.53 Å². The average Bonchev–Trinajstić information content (AvgIpc) is 2.94. The zero-order valence-corrected chi connectivity index (χ0v) is 23.7. The molecule has 0 saturated heterocycles. The summed E-state index contributed by atoms with van der Waals surface area (Å²) in [5.74, 6) is -1.06. The van der Waals surface area contributed by atoms with Crippen LogP contribution in [0.2, 0.25) is 0 Å². The quantitative estimate of drug-likeness (QED) is 0.0222. The Labute approximate surface area is 239 Å². The molecular weight excluding hydrogens is 558 g/mol. The van der Waals surface area contributed by atoms with Crippen LogP contribution in [-0.4, -0.2) is 144 Å². The molecular formula is C22H43N5O12S. The Kier molecular flexibility index (Phi) is 31.9. The summed E-state index contributed by atoms with van der Waals surface area (Å²) in [4.78, 5) is 31.3. The molecule has 17 nitrogen and oxygen atoms in total. The van der Waals surface area contributed by atoms with E-state index in [1.807, 2.05) is 4.89 Å². The van der Waals surface area contributed by atoms with Crippen molar-refractivity contribution in [1.29, 1.82) is 0 Å². The fraction of sp³-hybridized carbons (Fsp3) is 0.909. The molecule has 0 heterocycles. The van der Waals surface area contributed by atoms with Crippen LogP contribution in [0.5, 0.6) is 0 Å². The molecule has 0 radical (unpaired) electrons. The van der Waals surface area contributed by atoms with Gasteiger partial charge in [-0.25, -0.2) is 4.79 Å². The third-order valence-electron chi connectivity index (χ3n) is 4.18. The zero-order chi connectivity index (χ0) is 29.2. The summed E-state index contributed by atoms with van der Waals surface area (Å²) in [5.41, 5.74) is 8.12. The summed E-state index contributed by atoms with van der Waals surface area (Å²) in [5, 5.41) is 5.94. The van der Waals surface area contributed by atoms with E-state index in [1.165, 1.54) is 0 Å². The molecule has 0 aromatic heterocycles. The van der Waals surface area contributed by atoms with Crippen LogP contribution in [0.4, 0.5) is 0 Å². The summed E-state index contributed by atoms with van der Waals surface area (Å²) in [6, 6.07) is 0. The van der Waals surface area contributed by atoms with Crippen molar-refractivity contribution in [2.24, 2.45) is 5.11 Å². The predicted octanol–water partition coefficient (Wildman–Crippen LogP) is -0.545. The molecule has 234 valence electrons. The van der Waals surface area contributed by atoms with E-state index in [0.717, 1.165) is 0 Å². The first kappa shape index (κ1) is 38.2. The highest BCUT2D eigenvalue weighted by molar-refractivity contribution is 7.77. The molecule has 0 atom stereocenters. The molecule has 0 fully saturated rings. The lowest BCUT2D eigenvalue weighted by Gasteiger charge is -2.09. The number of rotatable bonds is 32. The second-order valence-electron chi connectivity index (χ2n) is 7.26. The van der Waals surface area contributed by atoms with Crippen molar-refractivity contribution < 1.29 is 57.1 Å². The van der Waals surface area contributed by atoms with Gasteiger partial charge < -0.3 is 52.8 Å². The van der Waals surface area contributed by atoms with Gasteiger partial charge in [0.1, 0.15) is 13.2 Å². The molecule has 0 unspecified atom stereocenters. The Morgan fingerprint density at radius 1 is 0.600 bits per heavy atom. The second kappa shape index (κ2) is 33.4. The Balaban J connectivity index is 3.13. The average molecular weight is 602 g/mol. The van der Waals surface area contributed by atoms with E-state index in [1.54, 1.807) is 0 Å². The van der Waals surface area contributed by atoms with Gasteiger partial charge in [-0.2, -0.15) is 0 Å². The van der Waals surface area contributed by atoms with Crippen molar-refractivity contribution in [2.75, 3.05) is 132 Å². The summed E-state index contributed by atoms with van der Waals surface area (Å²) in [6.07, 6.45) is 0. The van der Waals surface area contributed by atoms with E-state index >= 15 is 0 Å². The molecule has 0 saturated carbocycles. The van der Waals surface area contributed by atoms with E-state index in [-0.39, 0.29) is 19.1 Å². The van der Waals surface area contributed by atoms with E-state index in [4.69, 9.17) is 48.2 Å². The first-order chi connectivity index (χ1) is 19.7. The SMILES string of the molecule is [N-]=[N+]=NCCOCCOCCOCCOCCOCCOCCOCCOCCNC(=O)COCC(=O)ONS. The number of thiol groups is 1. The molecule has 0 bridgehead atoms. The first-order valence-corrected chi connectivity index (χ1v) is 13.2. The fourth-order valence-corrected chi connectivity index (χ4v) is 2.51. The zero-order valence-electron chi connectivity index (χ0n) is 22.8. The van der Waals surface area contributed by atoms with E-state index < -0.39 is 5.97 Å². The Bertz CT molecular complexity index is 635. The van der Waals surface area contributed by atoms with Gasteiger partial charge in [0.2, 0.25) is 5.91 Å². The third-order valence-corrected chi connectivity index (χ3v) is 4.28. The van der Waals surface area contributed by atoms with Gasteiger partial charge >= 0.3 is 5.97 Å². The number of amides is 1. The van der Waals surface area contributed by atoms with Gasteiger partial charge in [-0.1, -0.05) is 22.8 Å². The third kappa shape index (κ3) is 32.4. The van der Waals surface area contributed by atoms with Crippen LogP contribution in [0.1, 0.15) is 0 Å². The van der Waals surface area contributed by atoms with Crippen molar-refractivity contribution in [1.82, 2.24) is 10.2 Å². The lowest BCUT2D eigenvalue weighted by molar-refractivity contribution is -0.152. The van der Waals surface area contributed by atoms with Crippen LogP contribution in [0.25, 0.3) is 10.4 Å². The van der Waals surface area contributed by atoms with Gasteiger partial charge in [0, 0.05) is 18.0 Å². The number of nitrogens with one attached hydrogen (secondary N) is 2. The van der Waals surface area contributed by atoms with E-state index in [9.17, 15) is 9.59 Å². The molecule has 0 aromatic carbocycles. The van der Waals surface area contributed by atoms with Crippen molar-refractivity contribution in [3.8, 4) is 0 Å². The van der Waals surface area contributed by atoms with Crippen LogP contribution < -0.4 is 10.2 Å². The number of carbonyl (C=O) groups is 2. The van der Waals surface area contributed by atoms with E-state index in [2.05, 4.69) is 33.0 Å². The van der Waals surface area contributed by atoms with Crippen molar-refractivity contribution in [3.63, 3.8) is 0 Å². The maximum Gasteiger partial charge on any atom is 0.351 e. The lowest BCUT2D eigenvalue weighted by Crippen LogP contribution is -2.32. The number of hydrogen-bond donors (Lipinski definition) is 3. The highest BCUT2D eigenvalue weighted by Gasteiger charge is 2.05. The molecule has 0 aliphatic rings. The minimum absolute atomic E-state index is 0.265. The van der Waals surface area contributed by atoms with Gasteiger partial charge in [-0.15, -0.1) is 0 Å². The Morgan fingerprint density at radius 2 is 1.00 bits per heavy atom. The van der Waals surface area contributed by atoms with Gasteiger partial charge in [0.25, 0.3) is 0 Å². The molecule has 40 heavy (non-hydrogen) atoms. The topological polar surface area (TPSA) is 199 Å². The standard InChI is InChI=1S/C22H43N5O12S/c23-26-25-2-4-31-6-8-33-10-12-35-14-16-37-18-17-36-15-13-34-11-9-32-7-5-30-3-1-24-21(28)19-38-20-22(29)39-27-40/h27,40H,1-20H2,(H,24,28). The molecule has 0 rings (SSSR count). The largest absolute Gasteiger partial charge is 0.379 e. The van der Waals surface area contributed by atoms with Gasteiger partial charge in [-0.3, -0.25) is 4.79 Å². The molecule has 0 aliphatic carbocycles. The van der Waals surface area contributed by atoms with Gasteiger partial charge in [0.15, 0.2) is 0 Å². The molecule has 2 N–H and O–H groups in total. The van der Waals surface area contributed by atoms with Crippen LogP contribution >= 0.6 is 12.8 Å². The normalized spacial score (nSPS) is 10.8. The van der Waals surface area contributed by atoms with Gasteiger partial charge in [0.05, 0.1) is 106 Å². The minimum Gasteiger partial charge on any atom is -0.379 e. The lowest BCUT2D eigenvalue weighted by atomic mass is 10.6. The maximum absolute atomic E-state index is 11.5. The van der Waals surface area contributed by atoms with Crippen molar-refractivity contribution >= 4 is 24.7 Å². The number of nitrogens with zero attached hydrogens (tertiary/aromatic N) is 3. The van der Waals surface area contributed by atoms with Crippen LogP contribution in [0, 0.1) is 0 Å². The second-order valence-corrected chi connectivity index (χ2v) is 7.44. The first-order valence-electron chi connectivity index (χ1n) is 12.8.